The van der Waals surface area contributed by atoms with E-state index < -0.39 is 0 Å². The smallest absolute Gasteiger partial charge is 0.242 e. The molecule has 0 aliphatic heterocycles. The first-order chi connectivity index (χ1) is 8.65. The molecule has 0 saturated carbocycles. The molecule has 0 saturated heterocycles. The van der Waals surface area contributed by atoms with Crippen molar-refractivity contribution in [3.63, 3.8) is 0 Å². The van der Waals surface area contributed by atoms with Gasteiger partial charge in [0.05, 0.1) is 0 Å². The van der Waals surface area contributed by atoms with Gasteiger partial charge in [-0.2, -0.15) is 0 Å². The highest BCUT2D eigenvalue weighted by atomic mass is 127. The van der Waals surface area contributed by atoms with Gasteiger partial charge < -0.3 is 16.0 Å². The van der Waals surface area contributed by atoms with Gasteiger partial charge in [-0.25, -0.2) is 4.99 Å². The second-order valence-corrected chi connectivity index (χ2v) is 6.17. The Hall–Kier alpha value is -0.530. The Labute approximate surface area is 140 Å². The second-order valence-electron chi connectivity index (χ2n) is 6.17. The number of aliphatic imine (C=N–C) groups is 1. The molecule has 1 unspecified atom stereocenters. The predicted molar refractivity (Wildman–Crippen MR) is 96.7 cm³/mol. The average molecular weight is 398 g/mol. The summed E-state index contributed by atoms with van der Waals surface area (Å²) < 4.78 is 0. The van der Waals surface area contributed by atoms with Gasteiger partial charge in [0.15, 0.2) is 5.96 Å². The van der Waals surface area contributed by atoms with Crippen molar-refractivity contribution in [3.05, 3.63) is 0 Å². The van der Waals surface area contributed by atoms with E-state index in [-0.39, 0.29) is 42.0 Å². The molecule has 5 nitrogen and oxygen atoms in total. The number of nitrogens with zero attached hydrogens (tertiary/aromatic N) is 1. The van der Waals surface area contributed by atoms with E-state index in [1.54, 1.807) is 0 Å². The normalized spacial score (nSPS) is 13.5. The molecular weight excluding hydrogens is 367 g/mol. The zero-order valence-corrected chi connectivity index (χ0v) is 16.2. The minimum Gasteiger partial charge on any atom is -0.357 e. The lowest BCUT2D eigenvalue weighted by Crippen LogP contribution is -2.46. The van der Waals surface area contributed by atoms with Crippen molar-refractivity contribution in [2.24, 2.45) is 10.9 Å². The Morgan fingerprint density at radius 1 is 1.20 bits per heavy atom. The minimum absolute atomic E-state index is 0. The molecule has 6 heteroatoms. The van der Waals surface area contributed by atoms with Crippen molar-refractivity contribution < 1.29 is 4.79 Å². The van der Waals surface area contributed by atoms with E-state index in [1.165, 1.54) is 0 Å². The van der Waals surface area contributed by atoms with E-state index in [4.69, 9.17) is 0 Å². The molecule has 3 N–H and O–H groups in total. The molecule has 0 aromatic heterocycles. The number of halogens is 1. The van der Waals surface area contributed by atoms with Crippen LogP contribution in [-0.4, -0.2) is 36.5 Å². The van der Waals surface area contributed by atoms with E-state index in [0.29, 0.717) is 17.9 Å². The third-order valence-electron chi connectivity index (χ3n) is 2.60. The molecule has 0 aliphatic carbocycles. The first-order valence-corrected chi connectivity index (χ1v) is 7.01. The van der Waals surface area contributed by atoms with Crippen LogP contribution in [0.5, 0.6) is 0 Å². The lowest BCUT2D eigenvalue weighted by Gasteiger charge is -2.22. The molecule has 0 spiro atoms. The molecule has 0 radical (unpaired) electrons. The lowest BCUT2D eigenvalue weighted by atomic mass is 10.1. The molecule has 0 aromatic carbocycles. The molecule has 1 atom stereocenters. The molecule has 0 aliphatic rings. The third-order valence-corrected chi connectivity index (χ3v) is 2.60. The highest BCUT2D eigenvalue weighted by Crippen LogP contribution is 2.00. The quantitative estimate of drug-likeness (QED) is 0.378. The van der Waals surface area contributed by atoms with Crippen LogP contribution < -0.4 is 16.0 Å². The van der Waals surface area contributed by atoms with E-state index in [9.17, 15) is 4.79 Å². The largest absolute Gasteiger partial charge is 0.357 e. The van der Waals surface area contributed by atoms with Gasteiger partial charge in [0.25, 0.3) is 0 Å². The summed E-state index contributed by atoms with van der Waals surface area (Å²) >= 11 is 0. The monoisotopic (exact) mass is 398 g/mol. The Kier molecular flexibility index (Phi) is 11.1. The topological polar surface area (TPSA) is 65.5 Å². The zero-order valence-electron chi connectivity index (χ0n) is 13.8. The number of hydrogen-bond acceptors (Lipinski definition) is 2. The van der Waals surface area contributed by atoms with Crippen LogP contribution in [0.25, 0.3) is 0 Å². The second kappa shape index (κ2) is 10.2. The number of amides is 1. The minimum atomic E-state index is -0.219. The van der Waals surface area contributed by atoms with Crippen molar-refractivity contribution in [3.8, 4) is 0 Å². The number of guanidine groups is 1. The van der Waals surface area contributed by atoms with Crippen molar-refractivity contribution in [1.82, 2.24) is 16.0 Å². The SMILES string of the molecule is CCNC(=NCC(=O)NC(C)(C)C)NC(C)C(C)C.I. The number of carbonyl (C=O) groups is 1. The van der Waals surface area contributed by atoms with Crippen molar-refractivity contribution in [2.75, 3.05) is 13.1 Å². The average Bonchev–Trinajstić information content (AvgIpc) is 2.23. The third kappa shape index (κ3) is 11.3. The van der Waals surface area contributed by atoms with Crippen molar-refractivity contribution in [2.45, 2.75) is 60.0 Å². The van der Waals surface area contributed by atoms with Crippen molar-refractivity contribution >= 4 is 35.8 Å². The highest BCUT2D eigenvalue weighted by molar-refractivity contribution is 14.0. The van der Waals surface area contributed by atoms with Crippen LogP contribution in [0.3, 0.4) is 0 Å². The molecule has 0 fully saturated rings. The number of carbonyl (C=O) groups excluding carboxylic acids is 1. The van der Waals surface area contributed by atoms with Gasteiger partial charge in [-0.1, -0.05) is 13.8 Å². The Morgan fingerprint density at radius 3 is 2.15 bits per heavy atom. The van der Waals surface area contributed by atoms with Crippen LogP contribution >= 0.6 is 24.0 Å². The van der Waals surface area contributed by atoms with E-state index in [1.807, 2.05) is 27.7 Å². The summed E-state index contributed by atoms with van der Waals surface area (Å²) in [5, 5.41) is 9.33. The van der Waals surface area contributed by atoms with Gasteiger partial charge in [-0.05, 0) is 40.5 Å². The van der Waals surface area contributed by atoms with Crippen molar-refractivity contribution in [1.29, 1.82) is 0 Å². The zero-order chi connectivity index (χ0) is 15.1. The fourth-order valence-corrected chi connectivity index (χ4v) is 1.31. The highest BCUT2D eigenvalue weighted by Gasteiger charge is 2.14. The van der Waals surface area contributed by atoms with E-state index >= 15 is 0 Å². The maximum absolute atomic E-state index is 11.7. The van der Waals surface area contributed by atoms with E-state index in [0.717, 1.165) is 6.54 Å². The van der Waals surface area contributed by atoms with Crippen LogP contribution in [0, 0.1) is 5.92 Å². The maximum atomic E-state index is 11.7. The molecule has 1 amide bonds. The molecular formula is C14H31IN4O. The molecule has 0 bridgehead atoms. The summed E-state index contributed by atoms with van der Waals surface area (Å²) in [7, 11) is 0. The molecule has 0 heterocycles. The summed E-state index contributed by atoms with van der Waals surface area (Å²) in [4.78, 5) is 16.0. The Bertz CT molecular complexity index is 311. The van der Waals surface area contributed by atoms with Gasteiger partial charge in [0.2, 0.25) is 5.91 Å². The standard InChI is InChI=1S/C14H30N4O.HI/c1-8-15-13(17-11(4)10(2)3)16-9-12(19)18-14(5,6)7;/h10-11H,8-9H2,1-7H3,(H,18,19)(H2,15,16,17);1H. The van der Waals surface area contributed by atoms with Gasteiger partial charge in [0.1, 0.15) is 6.54 Å². The molecule has 120 valence electrons. The van der Waals surface area contributed by atoms with Crippen LogP contribution in [0.4, 0.5) is 0 Å². The van der Waals surface area contributed by atoms with Gasteiger partial charge >= 0.3 is 0 Å². The summed E-state index contributed by atoms with van der Waals surface area (Å²) in [5.74, 6) is 1.13. The van der Waals surface area contributed by atoms with Crippen LogP contribution in [-0.2, 0) is 4.79 Å². The fourth-order valence-electron chi connectivity index (χ4n) is 1.31. The predicted octanol–water partition coefficient (Wildman–Crippen LogP) is 2.12. The van der Waals surface area contributed by atoms with Crippen LogP contribution in [0.2, 0.25) is 0 Å². The van der Waals surface area contributed by atoms with E-state index in [2.05, 4.69) is 41.7 Å². The fraction of sp³-hybridized carbons (Fsp3) is 0.857. The number of hydrogen-bond donors (Lipinski definition) is 3. The summed E-state index contributed by atoms with van der Waals surface area (Å²) in [6, 6.07) is 0.309. The molecule has 0 aromatic rings. The van der Waals surface area contributed by atoms with Gasteiger partial charge in [-0.3, -0.25) is 4.79 Å². The maximum Gasteiger partial charge on any atom is 0.242 e. The molecule has 0 rings (SSSR count). The number of nitrogens with one attached hydrogen (secondary N) is 3. The van der Waals surface area contributed by atoms with Crippen LogP contribution in [0.15, 0.2) is 4.99 Å². The Balaban J connectivity index is 0. The Morgan fingerprint density at radius 2 is 1.75 bits per heavy atom. The summed E-state index contributed by atoms with van der Waals surface area (Å²) in [6.45, 7) is 15.2. The van der Waals surface area contributed by atoms with Gasteiger partial charge in [0, 0.05) is 18.1 Å². The first-order valence-electron chi connectivity index (χ1n) is 7.01. The van der Waals surface area contributed by atoms with Crippen LogP contribution in [0.1, 0.15) is 48.5 Å². The number of rotatable bonds is 5. The first kappa shape index (κ1) is 21.8. The summed E-state index contributed by atoms with van der Waals surface area (Å²) in [6.07, 6.45) is 0. The molecule has 20 heavy (non-hydrogen) atoms. The van der Waals surface area contributed by atoms with Gasteiger partial charge in [-0.15, -0.1) is 24.0 Å². The summed E-state index contributed by atoms with van der Waals surface area (Å²) in [5.41, 5.74) is -0.219. The lowest BCUT2D eigenvalue weighted by molar-refractivity contribution is -0.121.